The molecule has 0 bridgehead atoms. The molecular weight excluding hydrogens is 444 g/mol. The molecule has 7 nitrogen and oxygen atoms in total. The first kappa shape index (κ1) is 26.3. The van der Waals surface area contributed by atoms with E-state index in [1.807, 2.05) is 38.1 Å². The second kappa shape index (κ2) is 10.9. The number of benzene rings is 2. The van der Waals surface area contributed by atoms with Crippen molar-refractivity contribution in [3.05, 3.63) is 59.7 Å². The largest absolute Gasteiger partial charge is 0.481 e. The summed E-state index contributed by atoms with van der Waals surface area (Å²) in [5, 5.41) is 15.0. The second-order valence-corrected chi connectivity index (χ2v) is 10.3. The standard InChI is InChI=1S/C28H36N2O5/c1-17(2)24(25(31)32)18(3)30-26(33)28(4,5)14-15-29-27(34)35-16-23-21-12-8-6-10-19(21)20-11-7-9-13-22(20)23/h6-13,17-18,23-24H,14-16H2,1-5H3,(H,29,34)(H,30,33)(H,31,32). The fourth-order valence-corrected chi connectivity index (χ4v) is 4.81. The third-order valence-electron chi connectivity index (χ3n) is 6.88. The molecule has 1 aliphatic rings. The zero-order valence-electron chi connectivity index (χ0n) is 21.1. The lowest BCUT2D eigenvalue weighted by Crippen LogP contribution is -2.48. The summed E-state index contributed by atoms with van der Waals surface area (Å²) in [6.07, 6.45) is -0.142. The summed E-state index contributed by atoms with van der Waals surface area (Å²) in [6.45, 7) is 9.40. The van der Waals surface area contributed by atoms with Gasteiger partial charge in [0.05, 0.1) is 5.92 Å². The molecular formula is C28H36N2O5. The quantitative estimate of drug-likeness (QED) is 0.453. The summed E-state index contributed by atoms with van der Waals surface area (Å²) in [4.78, 5) is 36.7. The lowest BCUT2D eigenvalue weighted by Gasteiger charge is -2.30. The predicted octanol–water partition coefficient (Wildman–Crippen LogP) is 4.80. The summed E-state index contributed by atoms with van der Waals surface area (Å²) < 4.78 is 5.55. The van der Waals surface area contributed by atoms with E-state index in [0.29, 0.717) is 6.42 Å². The molecule has 0 radical (unpaired) electrons. The van der Waals surface area contributed by atoms with Gasteiger partial charge in [0.15, 0.2) is 0 Å². The first-order valence-electron chi connectivity index (χ1n) is 12.2. The number of nitrogens with one attached hydrogen (secondary N) is 2. The van der Waals surface area contributed by atoms with Gasteiger partial charge < -0.3 is 20.5 Å². The first-order valence-corrected chi connectivity index (χ1v) is 12.2. The summed E-state index contributed by atoms with van der Waals surface area (Å²) in [5.74, 6) is -1.97. The van der Waals surface area contributed by atoms with Crippen molar-refractivity contribution in [3.8, 4) is 11.1 Å². The number of rotatable bonds is 10. The van der Waals surface area contributed by atoms with Crippen LogP contribution in [0.15, 0.2) is 48.5 Å². The van der Waals surface area contributed by atoms with Crippen molar-refractivity contribution in [1.29, 1.82) is 0 Å². The molecule has 0 heterocycles. The number of carbonyl (C=O) groups is 3. The van der Waals surface area contributed by atoms with Gasteiger partial charge in [-0.05, 0) is 41.5 Å². The molecule has 188 valence electrons. The SMILES string of the molecule is CC(C)C(C(=O)O)C(C)NC(=O)C(C)(C)CCNC(=O)OCC1c2ccccc2-c2ccccc21. The van der Waals surface area contributed by atoms with Crippen molar-refractivity contribution in [2.75, 3.05) is 13.2 Å². The summed E-state index contributed by atoms with van der Waals surface area (Å²) in [7, 11) is 0. The molecule has 2 aromatic rings. The van der Waals surface area contributed by atoms with E-state index in [1.165, 1.54) is 11.1 Å². The van der Waals surface area contributed by atoms with Crippen LogP contribution in [0.5, 0.6) is 0 Å². The van der Waals surface area contributed by atoms with Gasteiger partial charge in [0.2, 0.25) is 5.91 Å². The minimum absolute atomic E-state index is 0.0139. The average Bonchev–Trinajstić information content (AvgIpc) is 3.10. The third kappa shape index (κ3) is 6.02. The Bertz CT molecular complexity index is 1030. The Morgan fingerprint density at radius 2 is 1.51 bits per heavy atom. The highest BCUT2D eigenvalue weighted by Crippen LogP contribution is 2.44. The van der Waals surface area contributed by atoms with Crippen LogP contribution in [0.1, 0.15) is 58.1 Å². The van der Waals surface area contributed by atoms with Gasteiger partial charge in [-0.15, -0.1) is 0 Å². The number of hydrogen-bond donors (Lipinski definition) is 3. The minimum atomic E-state index is -0.928. The molecule has 0 fully saturated rings. The van der Waals surface area contributed by atoms with Crippen molar-refractivity contribution < 1.29 is 24.2 Å². The molecule has 0 saturated carbocycles. The first-order chi connectivity index (χ1) is 16.5. The van der Waals surface area contributed by atoms with Gasteiger partial charge in [-0.1, -0.05) is 76.2 Å². The Morgan fingerprint density at radius 1 is 0.971 bits per heavy atom. The number of amides is 2. The van der Waals surface area contributed by atoms with Crippen LogP contribution in [0, 0.1) is 17.3 Å². The molecule has 2 aromatic carbocycles. The van der Waals surface area contributed by atoms with E-state index >= 15 is 0 Å². The van der Waals surface area contributed by atoms with Crippen molar-refractivity contribution in [1.82, 2.24) is 10.6 Å². The highest BCUT2D eigenvalue weighted by atomic mass is 16.5. The topological polar surface area (TPSA) is 105 Å². The van der Waals surface area contributed by atoms with Crippen molar-refractivity contribution >= 4 is 18.0 Å². The van der Waals surface area contributed by atoms with Crippen LogP contribution < -0.4 is 10.6 Å². The predicted molar refractivity (Wildman–Crippen MR) is 135 cm³/mol. The van der Waals surface area contributed by atoms with E-state index in [4.69, 9.17) is 4.74 Å². The molecule has 2 atom stereocenters. The highest BCUT2D eigenvalue weighted by molar-refractivity contribution is 5.83. The van der Waals surface area contributed by atoms with Gasteiger partial charge >= 0.3 is 12.1 Å². The fourth-order valence-electron chi connectivity index (χ4n) is 4.81. The number of ether oxygens (including phenoxy) is 1. The van der Waals surface area contributed by atoms with E-state index in [0.717, 1.165) is 11.1 Å². The Hall–Kier alpha value is -3.35. The highest BCUT2D eigenvalue weighted by Gasteiger charge is 2.34. The Labute approximate surface area is 207 Å². The van der Waals surface area contributed by atoms with E-state index in [-0.39, 0.29) is 30.9 Å². The van der Waals surface area contributed by atoms with E-state index < -0.39 is 29.4 Å². The smallest absolute Gasteiger partial charge is 0.407 e. The van der Waals surface area contributed by atoms with Gasteiger partial charge in [-0.25, -0.2) is 4.79 Å². The number of hydrogen-bond acceptors (Lipinski definition) is 4. The maximum atomic E-state index is 12.8. The Balaban J connectivity index is 1.50. The summed E-state index contributed by atoms with van der Waals surface area (Å²) in [6, 6.07) is 15.8. The molecule has 0 spiro atoms. The van der Waals surface area contributed by atoms with Gasteiger partial charge in [-0.2, -0.15) is 0 Å². The van der Waals surface area contributed by atoms with Crippen LogP contribution in [0.25, 0.3) is 11.1 Å². The third-order valence-corrected chi connectivity index (χ3v) is 6.88. The van der Waals surface area contributed by atoms with Crippen LogP contribution in [0.2, 0.25) is 0 Å². The van der Waals surface area contributed by atoms with Gasteiger partial charge in [0.25, 0.3) is 0 Å². The van der Waals surface area contributed by atoms with E-state index in [1.54, 1.807) is 20.8 Å². The van der Waals surface area contributed by atoms with Crippen molar-refractivity contribution in [2.45, 2.75) is 53.0 Å². The Kier molecular flexibility index (Phi) is 8.20. The van der Waals surface area contributed by atoms with E-state index in [9.17, 15) is 19.5 Å². The average molecular weight is 481 g/mol. The van der Waals surface area contributed by atoms with Crippen molar-refractivity contribution in [2.24, 2.45) is 17.3 Å². The number of carbonyl (C=O) groups excluding carboxylic acids is 2. The van der Waals surface area contributed by atoms with Gasteiger partial charge in [-0.3, -0.25) is 9.59 Å². The number of alkyl carbamates (subject to hydrolysis) is 1. The normalized spacial score (nSPS) is 14.6. The van der Waals surface area contributed by atoms with Crippen LogP contribution >= 0.6 is 0 Å². The van der Waals surface area contributed by atoms with Crippen LogP contribution in [0.3, 0.4) is 0 Å². The monoisotopic (exact) mass is 480 g/mol. The maximum absolute atomic E-state index is 12.8. The molecule has 0 aliphatic heterocycles. The minimum Gasteiger partial charge on any atom is -0.481 e. The van der Waals surface area contributed by atoms with E-state index in [2.05, 4.69) is 34.9 Å². The summed E-state index contributed by atoms with van der Waals surface area (Å²) >= 11 is 0. The van der Waals surface area contributed by atoms with Crippen LogP contribution in [-0.4, -0.2) is 42.3 Å². The number of carboxylic acids is 1. The number of fused-ring (bicyclic) bond motifs is 3. The number of aliphatic carboxylic acids is 1. The molecule has 0 aromatic heterocycles. The molecule has 2 unspecified atom stereocenters. The van der Waals surface area contributed by atoms with Crippen LogP contribution in [0.4, 0.5) is 4.79 Å². The lowest BCUT2D eigenvalue weighted by atomic mass is 9.85. The van der Waals surface area contributed by atoms with Gasteiger partial charge in [0, 0.05) is 23.9 Å². The zero-order chi connectivity index (χ0) is 25.8. The van der Waals surface area contributed by atoms with Crippen LogP contribution in [-0.2, 0) is 14.3 Å². The Morgan fingerprint density at radius 3 is 2.03 bits per heavy atom. The van der Waals surface area contributed by atoms with Gasteiger partial charge in [0.1, 0.15) is 6.61 Å². The maximum Gasteiger partial charge on any atom is 0.407 e. The van der Waals surface area contributed by atoms with Crippen molar-refractivity contribution in [3.63, 3.8) is 0 Å². The molecule has 3 rings (SSSR count). The number of carboxylic acid groups (broad SMARTS) is 1. The summed E-state index contributed by atoms with van der Waals surface area (Å²) in [5.41, 5.74) is 3.85. The lowest BCUT2D eigenvalue weighted by molar-refractivity contribution is -0.145. The molecule has 3 N–H and O–H groups in total. The fraction of sp³-hybridized carbons (Fsp3) is 0.464. The molecule has 1 aliphatic carbocycles. The molecule has 7 heteroatoms. The molecule has 2 amide bonds. The second-order valence-electron chi connectivity index (χ2n) is 10.3. The molecule has 0 saturated heterocycles. The molecule has 35 heavy (non-hydrogen) atoms. The zero-order valence-corrected chi connectivity index (χ0v) is 21.1.